The molecule has 0 fully saturated rings. The molecule has 0 bridgehead atoms. The molecule has 1 unspecified atom stereocenters. The topological polar surface area (TPSA) is 55.1 Å². The molecule has 4 nitrogen and oxygen atoms in total. The van der Waals surface area contributed by atoms with Crippen LogP contribution in [0.15, 0.2) is 53.4 Å². The van der Waals surface area contributed by atoms with Crippen LogP contribution in [0.4, 0.5) is 0 Å². The molecule has 1 aliphatic rings. The summed E-state index contributed by atoms with van der Waals surface area (Å²) in [6, 6.07) is 16.1. The second-order valence-electron chi connectivity index (χ2n) is 6.13. The largest absolute Gasteiger partial charge is 0.476 e. The molecule has 0 amide bonds. The molecule has 0 radical (unpaired) electrons. The fourth-order valence-corrected chi connectivity index (χ4v) is 4.66. The van der Waals surface area contributed by atoms with Gasteiger partial charge in [-0.3, -0.25) is 0 Å². The van der Waals surface area contributed by atoms with E-state index in [0.717, 1.165) is 34.5 Å². The van der Waals surface area contributed by atoms with Gasteiger partial charge < -0.3 is 5.11 Å². The van der Waals surface area contributed by atoms with Crippen LogP contribution in [0, 0.1) is 6.92 Å². The number of thioether (sulfide) groups is 1. The summed E-state index contributed by atoms with van der Waals surface area (Å²) in [5.74, 6) is -0.970. The van der Waals surface area contributed by atoms with E-state index in [1.807, 2.05) is 48.0 Å². The number of nitrogens with zero attached hydrogens (tertiary/aromatic N) is 2. The van der Waals surface area contributed by atoms with Crippen LogP contribution in [-0.4, -0.2) is 20.9 Å². The zero-order chi connectivity index (χ0) is 17.6. The summed E-state index contributed by atoms with van der Waals surface area (Å²) in [4.78, 5) is 13.1. The number of para-hydroxylation sites is 1. The Hall–Kier alpha value is -2.53. The SMILES string of the molecule is CCC1Sc2ccccc2-c2c1c(C(=O)O)nn2-c1ccccc1C. The Morgan fingerprint density at radius 1 is 1.20 bits per heavy atom. The van der Waals surface area contributed by atoms with Gasteiger partial charge in [-0.05, 0) is 31.0 Å². The van der Waals surface area contributed by atoms with E-state index >= 15 is 0 Å². The van der Waals surface area contributed by atoms with Crippen molar-refractivity contribution < 1.29 is 9.90 Å². The van der Waals surface area contributed by atoms with Crippen LogP contribution in [0.2, 0.25) is 0 Å². The number of benzene rings is 2. The molecule has 126 valence electrons. The van der Waals surface area contributed by atoms with Crippen LogP contribution in [0.1, 0.15) is 40.2 Å². The molecule has 1 aromatic heterocycles. The van der Waals surface area contributed by atoms with Crippen molar-refractivity contribution in [3.63, 3.8) is 0 Å². The summed E-state index contributed by atoms with van der Waals surface area (Å²) in [5.41, 5.74) is 4.94. The van der Waals surface area contributed by atoms with Crippen molar-refractivity contribution in [2.45, 2.75) is 30.4 Å². The first kappa shape index (κ1) is 16.0. The van der Waals surface area contributed by atoms with Crippen molar-refractivity contribution in [2.24, 2.45) is 0 Å². The molecule has 1 N–H and O–H groups in total. The molecule has 5 heteroatoms. The molecular formula is C20H18N2O2S. The quantitative estimate of drug-likeness (QED) is 0.714. The minimum absolute atomic E-state index is 0.0915. The summed E-state index contributed by atoms with van der Waals surface area (Å²) < 4.78 is 1.81. The van der Waals surface area contributed by atoms with E-state index in [9.17, 15) is 9.90 Å². The van der Waals surface area contributed by atoms with E-state index in [-0.39, 0.29) is 10.9 Å². The van der Waals surface area contributed by atoms with Crippen molar-refractivity contribution in [2.75, 3.05) is 0 Å². The number of carboxylic acid groups (broad SMARTS) is 1. The normalized spacial score (nSPS) is 15.5. The van der Waals surface area contributed by atoms with E-state index in [1.54, 1.807) is 11.8 Å². The minimum Gasteiger partial charge on any atom is -0.476 e. The Labute approximate surface area is 150 Å². The minimum atomic E-state index is -0.970. The number of carbonyl (C=O) groups is 1. The molecule has 25 heavy (non-hydrogen) atoms. The van der Waals surface area contributed by atoms with E-state index < -0.39 is 5.97 Å². The highest BCUT2D eigenvalue weighted by atomic mass is 32.2. The van der Waals surface area contributed by atoms with E-state index in [4.69, 9.17) is 0 Å². The molecule has 2 heterocycles. The molecule has 0 aliphatic carbocycles. The van der Waals surface area contributed by atoms with Gasteiger partial charge in [0.25, 0.3) is 0 Å². The maximum absolute atomic E-state index is 11.9. The van der Waals surface area contributed by atoms with Crippen LogP contribution in [0.5, 0.6) is 0 Å². The average molecular weight is 350 g/mol. The lowest BCUT2D eigenvalue weighted by Crippen LogP contribution is -2.08. The van der Waals surface area contributed by atoms with Crippen molar-refractivity contribution in [3.8, 4) is 16.9 Å². The first-order valence-electron chi connectivity index (χ1n) is 8.30. The monoisotopic (exact) mass is 350 g/mol. The van der Waals surface area contributed by atoms with Gasteiger partial charge in [0.1, 0.15) is 0 Å². The average Bonchev–Trinajstić information content (AvgIpc) is 3.02. The van der Waals surface area contributed by atoms with Gasteiger partial charge in [-0.2, -0.15) is 5.10 Å². The highest BCUT2D eigenvalue weighted by Gasteiger charge is 2.34. The smallest absolute Gasteiger partial charge is 0.356 e. The second kappa shape index (κ2) is 6.08. The maximum Gasteiger partial charge on any atom is 0.356 e. The lowest BCUT2D eigenvalue weighted by atomic mass is 10.00. The number of hydrogen-bond donors (Lipinski definition) is 1. The molecule has 1 atom stereocenters. The number of aromatic nitrogens is 2. The molecule has 3 aromatic rings. The lowest BCUT2D eigenvalue weighted by Gasteiger charge is -2.25. The number of carboxylic acids is 1. The summed E-state index contributed by atoms with van der Waals surface area (Å²) in [6.45, 7) is 4.11. The Morgan fingerprint density at radius 2 is 1.92 bits per heavy atom. The predicted octanol–water partition coefficient (Wildman–Crippen LogP) is 5.10. The number of hydrogen-bond acceptors (Lipinski definition) is 3. The zero-order valence-electron chi connectivity index (χ0n) is 14.1. The van der Waals surface area contributed by atoms with Gasteiger partial charge >= 0.3 is 5.97 Å². The van der Waals surface area contributed by atoms with Crippen LogP contribution in [0.25, 0.3) is 16.9 Å². The van der Waals surface area contributed by atoms with Gasteiger partial charge in [-0.1, -0.05) is 43.3 Å². The summed E-state index contributed by atoms with van der Waals surface area (Å²) in [7, 11) is 0. The molecule has 0 saturated carbocycles. The van der Waals surface area contributed by atoms with E-state index in [2.05, 4.69) is 24.2 Å². The standard InChI is InChI=1S/C20H18N2O2S/c1-3-15-17-18(20(23)24)21-22(14-10-6-4-8-12(14)2)19(17)13-9-5-7-11-16(13)25-15/h4-11,15H,3H2,1-2H3,(H,23,24). The van der Waals surface area contributed by atoms with Crippen LogP contribution < -0.4 is 0 Å². The summed E-state index contributed by atoms with van der Waals surface area (Å²) in [6.07, 6.45) is 0.853. The predicted molar refractivity (Wildman–Crippen MR) is 99.6 cm³/mol. The maximum atomic E-state index is 11.9. The van der Waals surface area contributed by atoms with Gasteiger partial charge in [0.15, 0.2) is 5.69 Å². The number of aromatic carboxylic acids is 1. The Bertz CT molecular complexity index is 978. The second-order valence-corrected chi connectivity index (χ2v) is 7.37. The zero-order valence-corrected chi connectivity index (χ0v) is 14.9. The first-order valence-corrected chi connectivity index (χ1v) is 9.18. The van der Waals surface area contributed by atoms with Crippen LogP contribution in [-0.2, 0) is 0 Å². The molecule has 4 rings (SSSR count). The van der Waals surface area contributed by atoms with Gasteiger partial charge in [0.05, 0.1) is 11.4 Å². The number of rotatable bonds is 3. The third-order valence-electron chi connectivity index (χ3n) is 4.57. The third kappa shape index (κ3) is 2.46. The van der Waals surface area contributed by atoms with Crippen molar-refractivity contribution in [1.82, 2.24) is 9.78 Å². The van der Waals surface area contributed by atoms with Gasteiger partial charge in [-0.25, -0.2) is 9.48 Å². The van der Waals surface area contributed by atoms with Crippen molar-refractivity contribution >= 4 is 17.7 Å². The highest BCUT2D eigenvalue weighted by Crippen LogP contribution is 2.52. The van der Waals surface area contributed by atoms with Crippen molar-refractivity contribution in [1.29, 1.82) is 0 Å². The van der Waals surface area contributed by atoms with Gasteiger partial charge in [-0.15, -0.1) is 11.8 Å². The molecule has 0 saturated heterocycles. The van der Waals surface area contributed by atoms with Gasteiger partial charge in [0.2, 0.25) is 0 Å². The molecular weight excluding hydrogens is 332 g/mol. The Kier molecular flexibility index (Phi) is 3.88. The van der Waals surface area contributed by atoms with Gasteiger partial charge in [0, 0.05) is 21.3 Å². The number of fused-ring (bicyclic) bond motifs is 3. The third-order valence-corrected chi connectivity index (χ3v) is 6.04. The molecule has 2 aromatic carbocycles. The molecule has 1 aliphatic heterocycles. The fourth-order valence-electron chi connectivity index (χ4n) is 3.39. The first-order chi connectivity index (χ1) is 12.1. The Morgan fingerprint density at radius 3 is 2.64 bits per heavy atom. The fraction of sp³-hybridized carbons (Fsp3) is 0.200. The Balaban J connectivity index is 2.09. The van der Waals surface area contributed by atoms with Crippen LogP contribution >= 0.6 is 11.8 Å². The van der Waals surface area contributed by atoms with Crippen molar-refractivity contribution in [3.05, 3.63) is 65.4 Å². The summed E-state index contributed by atoms with van der Waals surface area (Å²) in [5, 5.41) is 14.4. The molecule has 0 spiro atoms. The highest BCUT2D eigenvalue weighted by molar-refractivity contribution is 7.99. The lowest BCUT2D eigenvalue weighted by molar-refractivity contribution is 0.0688. The van der Waals surface area contributed by atoms with E-state index in [1.165, 1.54) is 4.90 Å². The van der Waals surface area contributed by atoms with Crippen LogP contribution in [0.3, 0.4) is 0 Å². The summed E-state index contributed by atoms with van der Waals surface area (Å²) >= 11 is 1.73. The number of aryl methyl sites for hydroxylation is 1. The van der Waals surface area contributed by atoms with E-state index in [0.29, 0.717) is 0 Å².